The summed E-state index contributed by atoms with van der Waals surface area (Å²) in [6.07, 6.45) is 0. The summed E-state index contributed by atoms with van der Waals surface area (Å²) in [7, 11) is -2.56. The molecule has 9 heteroatoms. The van der Waals surface area contributed by atoms with Crippen molar-refractivity contribution in [3.63, 3.8) is 0 Å². The highest BCUT2D eigenvalue weighted by atomic mass is 31.2. The van der Waals surface area contributed by atoms with Crippen LogP contribution in [0.25, 0.3) is 21.9 Å². The molecule has 0 radical (unpaired) electrons. The van der Waals surface area contributed by atoms with E-state index in [-0.39, 0.29) is 29.8 Å². The Labute approximate surface area is 173 Å². The number of benzene rings is 2. The van der Waals surface area contributed by atoms with Gasteiger partial charge in [-0.05, 0) is 12.1 Å². The molecular formula is C21H24NO7P. The molecule has 0 saturated carbocycles. The Balaban J connectivity index is 1.66. The van der Waals surface area contributed by atoms with Gasteiger partial charge in [0.1, 0.15) is 34.7 Å². The van der Waals surface area contributed by atoms with Gasteiger partial charge in [0.2, 0.25) is 5.43 Å². The molecule has 30 heavy (non-hydrogen) atoms. The second kappa shape index (κ2) is 8.30. The predicted molar refractivity (Wildman–Crippen MR) is 116 cm³/mol. The second-order valence-corrected chi connectivity index (χ2v) is 10.2. The van der Waals surface area contributed by atoms with E-state index in [0.29, 0.717) is 48.6 Å². The van der Waals surface area contributed by atoms with Gasteiger partial charge in [-0.1, -0.05) is 0 Å². The summed E-state index contributed by atoms with van der Waals surface area (Å²) in [6, 6.07) is 8.25. The molecule has 1 aromatic heterocycles. The van der Waals surface area contributed by atoms with Crippen LogP contribution in [0.2, 0.25) is 0 Å². The van der Waals surface area contributed by atoms with E-state index >= 15 is 0 Å². The van der Waals surface area contributed by atoms with Crippen molar-refractivity contribution in [3.8, 4) is 11.5 Å². The van der Waals surface area contributed by atoms with Gasteiger partial charge in [0.25, 0.3) is 0 Å². The molecular weight excluding hydrogens is 409 g/mol. The van der Waals surface area contributed by atoms with Gasteiger partial charge in [-0.25, -0.2) is 0 Å². The number of anilines is 1. The maximum Gasteiger partial charge on any atom is 0.204 e. The number of phenolic OH excluding ortho intramolecular Hbond substituents is 1. The van der Waals surface area contributed by atoms with Crippen molar-refractivity contribution in [1.82, 2.24) is 0 Å². The number of morpholine rings is 1. The summed E-state index contributed by atoms with van der Waals surface area (Å²) in [5.41, 5.74) is 1.15. The van der Waals surface area contributed by atoms with E-state index in [1.807, 2.05) is 0 Å². The number of nitrogens with zero attached hydrogens (tertiary/aromatic N) is 1. The molecule has 0 amide bonds. The van der Waals surface area contributed by atoms with Crippen molar-refractivity contribution in [2.24, 2.45) is 0 Å². The Morgan fingerprint density at radius 1 is 1.10 bits per heavy atom. The van der Waals surface area contributed by atoms with Crippen LogP contribution >= 0.6 is 7.37 Å². The first-order valence-electron chi connectivity index (χ1n) is 9.70. The van der Waals surface area contributed by atoms with Crippen LogP contribution in [0.15, 0.2) is 39.5 Å². The van der Waals surface area contributed by atoms with Crippen LogP contribution in [-0.2, 0) is 13.8 Å². The lowest BCUT2D eigenvalue weighted by Crippen LogP contribution is -2.36. The van der Waals surface area contributed by atoms with Gasteiger partial charge < -0.3 is 28.4 Å². The highest BCUT2D eigenvalue weighted by Gasteiger charge is 2.18. The molecule has 0 unspecified atom stereocenters. The normalized spacial score (nSPS) is 15.1. The summed E-state index contributed by atoms with van der Waals surface area (Å²) in [4.78, 5) is 15.0. The van der Waals surface area contributed by atoms with Gasteiger partial charge >= 0.3 is 0 Å². The molecule has 1 N–H and O–H groups in total. The Bertz CT molecular complexity index is 1180. The molecule has 0 atom stereocenters. The van der Waals surface area contributed by atoms with Crippen molar-refractivity contribution in [2.45, 2.75) is 0 Å². The summed E-state index contributed by atoms with van der Waals surface area (Å²) >= 11 is 0. The molecule has 0 bridgehead atoms. The van der Waals surface area contributed by atoms with Gasteiger partial charge in [0, 0.05) is 50.3 Å². The average Bonchev–Trinajstić information content (AvgIpc) is 2.70. The molecule has 1 fully saturated rings. The molecule has 1 aliphatic rings. The van der Waals surface area contributed by atoms with Crippen LogP contribution in [0.4, 0.5) is 5.69 Å². The number of rotatable bonds is 6. The van der Waals surface area contributed by atoms with Crippen molar-refractivity contribution in [2.75, 3.05) is 57.7 Å². The number of phenols is 1. The minimum atomic E-state index is -2.56. The molecule has 1 aliphatic heterocycles. The van der Waals surface area contributed by atoms with E-state index in [9.17, 15) is 14.5 Å². The molecule has 160 valence electrons. The van der Waals surface area contributed by atoms with Crippen LogP contribution in [-0.4, -0.2) is 58.0 Å². The summed E-state index contributed by atoms with van der Waals surface area (Å²) in [6.45, 7) is 6.12. The smallest absolute Gasteiger partial charge is 0.204 e. The largest absolute Gasteiger partial charge is 0.507 e. The SMILES string of the molecule is CP(C)(=O)OCCOc1ccc2c(=O)c3c(O)cc(N4CCOCC4)cc3oc2c1. The average molecular weight is 433 g/mol. The van der Waals surface area contributed by atoms with Gasteiger partial charge in [-0.3, -0.25) is 9.36 Å². The van der Waals surface area contributed by atoms with Crippen molar-refractivity contribution in [1.29, 1.82) is 0 Å². The standard InChI is InChI=1S/C21H24NO7P/c1-30(2,25)28-10-9-27-15-3-4-16-18(13-15)29-19-12-14(22-5-7-26-8-6-22)11-17(23)20(19)21(16)24/h3-4,11-13,23H,5-10H2,1-2H3. The summed E-state index contributed by atoms with van der Waals surface area (Å²) < 4.78 is 33.8. The lowest BCUT2D eigenvalue weighted by atomic mass is 10.1. The van der Waals surface area contributed by atoms with E-state index in [1.165, 1.54) is 0 Å². The first-order valence-corrected chi connectivity index (χ1v) is 12.2. The van der Waals surface area contributed by atoms with Crippen LogP contribution in [0.1, 0.15) is 0 Å². The lowest BCUT2D eigenvalue weighted by Gasteiger charge is -2.29. The van der Waals surface area contributed by atoms with Gasteiger partial charge in [-0.2, -0.15) is 0 Å². The van der Waals surface area contributed by atoms with Crippen molar-refractivity contribution >= 4 is 35.0 Å². The van der Waals surface area contributed by atoms with Crippen LogP contribution in [0, 0.1) is 0 Å². The molecule has 3 aromatic rings. The van der Waals surface area contributed by atoms with Gasteiger partial charge in [0.15, 0.2) is 7.37 Å². The fourth-order valence-electron chi connectivity index (χ4n) is 3.43. The Morgan fingerprint density at radius 3 is 2.60 bits per heavy atom. The van der Waals surface area contributed by atoms with E-state index in [2.05, 4.69) is 4.90 Å². The third-order valence-corrected chi connectivity index (χ3v) is 5.65. The number of hydrogen-bond donors (Lipinski definition) is 1. The quantitative estimate of drug-likeness (QED) is 0.359. The Kier molecular flexibility index (Phi) is 5.73. The molecule has 1 saturated heterocycles. The molecule has 2 aromatic carbocycles. The highest BCUT2D eigenvalue weighted by molar-refractivity contribution is 7.57. The summed E-state index contributed by atoms with van der Waals surface area (Å²) in [5.74, 6) is 0.398. The van der Waals surface area contributed by atoms with Crippen molar-refractivity contribution < 1.29 is 28.1 Å². The fraction of sp³-hybridized carbons (Fsp3) is 0.381. The zero-order chi connectivity index (χ0) is 21.3. The fourth-order valence-corrected chi connectivity index (χ4v) is 3.95. The van der Waals surface area contributed by atoms with E-state index < -0.39 is 7.37 Å². The Morgan fingerprint density at radius 2 is 1.87 bits per heavy atom. The number of hydrogen-bond acceptors (Lipinski definition) is 8. The van der Waals surface area contributed by atoms with E-state index in [4.69, 9.17) is 18.4 Å². The third-order valence-electron chi connectivity index (χ3n) is 4.84. The van der Waals surface area contributed by atoms with Crippen LogP contribution in [0.3, 0.4) is 0 Å². The zero-order valence-electron chi connectivity index (χ0n) is 16.9. The first kappa shape index (κ1) is 20.7. The number of ether oxygens (including phenoxy) is 2. The van der Waals surface area contributed by atoms with Crippen LogP contribution in [0.5, 0.6) is 11.5 Å². The Hall–Kier alpha value is -2.54. The van der Waals surface area contributed by atoms with E-state index in [0.717, 1.165) is 5.69 Å². The van der Waals surface area contributed by atoms with Gasteiger partial charge in [-0.15, -0.1) is 0 Å². The highest BCUT2D eigenvalue weighted by Crippen LogP contribution is 2.37. The lowest BCUT2D eigenvalue weighted by molar-refractivity contribution is 0.122. The third kappa shape index (κ3) is 4.46. The first-order chi connectivity index (χ1) is 14.3. The zero-order valence-corrected chi connectivity index (χ0v) is 17.8. The minimum Gasteiger partial charge on any atom is -0.507 e. The second-order valence-electron chi connectivity index (χ2n) is 7.46. The van der Waals surface area contributed by atoms with E-state index in [1.54, 1.807) is 43.7 Å². The molecule has 0 aliphatic carbocycles. The van der Waals surface area contributed by atoms with Crippen molar-refractivity contribution in [3.05, 3.63) is 40.6 Å². The molecule has 2 heterocycles. The van der Waals surface area contributed by atoms with Gasteiger partial charge in [0.05, 0.1) is 25.2 Å². The van der Waals surface area contributed by atoms with Crippen LogP contribution < -0.4 is 15.1 Å². The molecule has 8 nitrogen and oxygen atoms in total. The maximum atomic E-state index is 12.9. The topological polar surface area (TPSA) is 98.4 Å². The molecule has 4 rings (SSSR count). The number of fused-ring (bicyclic) bond motifs is 2. The maximum absolute atomic E-state index is 12.9. The predicted octanol–water partition coefficient (Wildman–Crippen LogP) is 3.42. The molecule has 0 spiro atoms. The number of aromatic hydroxyl groups is 1. The minimum absolute atomic E-state index is 0.106. The monoisotopic (exact) mass is 433 g/mol. The summed E-state index contributed by atoms with van der Waals surface area (Å²) in [5, 5.41) is 11.0.